The molecule has 4 nitrogen and oxygen atoms in total. The van der Waals surface area contributed by atoms with E-state index >= 15 is 0 Å². The molecule has 3 aromatic rings. The summed E-state index contributed by atoms with van der Waals surface area (Å²) in [5, 5.41) is 6.14. The van der Waals surface area contributed by atoms with Crippen LogP contribution in [-0.4, -0.2) is 15.9 Å². The maximum atomic E-state index is 11.0. The van der Waals surface area contributed by atoms with Crippen LogP contribution in [0.3, 0.4) is 0 Å². The Morgan fingerprint density at radius 3 is 2.79 bits per heavy atom. The van der Waals surface area contributed by atoms with Gasteiger partial charge >= 0.3 is 0 Å². The predicted octanol–water partition coefficient (Wildman–Crippen LogP) is 3.02. The van der Waals surface area contributed by atoms with Crippen LogP contribution >= 0.6 is 0 Å². The first-order valence-corrected chi connectivity index (χ1v) is 6.04. The first-order chi connectivity index (χ1) is 9.24. The zero-order chi connectivity index (χ0) is 13.2. The summed E-state index contributed by atoms with van der Waals surface area (Å²) in [6, 6.07) is 14.0. The third-order valence-corrected chi connectivity index (χ3v) is 2.90. The number of rotatable bonds is 3. The Morgan fingerprint density at radius 1 is 1.16 bits per heavy atom. The van der Waals surface area contributed by atoms with Crippen LogP contribution in [0.5, 0.6) is 0 Å². The van der Waals surface area contributed by atoms with Crippen LogP contribution in [0.15, 0.2) is 47.0 Å². The van der Waals surface area contributed by atoms with E-state index in [1.807, 2.05) is 42.5 Å². The first kappa shape index (κ1) is 11.6. The number of hydrogen-bond acceptors (Lipinski definition) is 4. The molecule has 19 heavy (non-hydrogen) atoms. The molecule has 0 aliphatic carbocycles. The van der Waals surface area contributed by atoms with Crippen LogP contribution in [0.1, 0.15) is 12.8 Å². The van der Waals surface area contributed by atoms with E-state index in [1.54, 1.807) is 0 Å². The molecule has 0 radical (unpaired) electrons. The van der Waals surface area contributed by atoms with Gasteiger partial charge in [-0.05, 0) is 17.7 Å². The van der Waals surface area contributed by atoms with Gasteiger partial charge in [-0.25, -0.2) is 0 Å². The average molecular weight is 252 g/mol. The summed E-state index contributed by atoms with van der Waals surface area (Å²) in [5.41, 5.74) is 0.914. The number of ketones is 1. The quantitative estimate of drug-likeness (QED) is 0.719. The Morgan fingerprint density at radius 2 is 1.95 bits per heavy atom. The van der Waals surface area contributed by atoms with Gasteiger partial charge in [0.2, 0.25) is 11.7 Å². The SMILES string of the molecule is CC(=O)Cc1nc(-c2cccc3ccccc23)no1. The number of carbonyl (C=O) groups excluding carboxylic acids is 1. The molecule has 0 bridgehead atoms. The first-order valence-electron chi connectivity index (χ1n) is 6.04. The Balaban J connectivity index is 2.09. The largest absolute Gasteiger partial charge is 0.339 e. The highest BCUT2D eigenvalue weighted by Crippen LogP contribution is 2.26. The fourth-order valence-corrected chi connectivity index (χ4v) is 2.07. The minimum absolute atomic E-state index is 0.00752. The van der Waals surface area contributed by atoms with Gasteiger partial charge in [-0.2, -0.15) is 4.98 Å². The van der Waals surface area contributed by atoms with Crippen molar-refractivity contribution in [2.75, 3.05) is 0 Å². The van der Waals surface area contributed by atoms with Crippen LogP contribution in [-0.2, 0) is 11.2 Å². The molecular weight excluding hydrogens is 240 g/mol. The third-order valence-electron chi connectivity index (χ3n) is 2.90. The van der Waals surface area contributed by atoms with Crippen molar-refractivity contribution in [2.45, 2.75) is 13.3 Å². The molecule has 0 aliphatic rings. The highest BCUT2D eigenvalue weighted by molar-refractivity contribution is 5.94. The number of benzene rings is 2. The van der Waals surface area contributed by atoms with Crippen LogP contribution in [0.2, 0.25) is 0 Å². The van der Waals surface area contributed by atoms with Gasteiger partial charge in [0.1, 0.15) is 5.78 Å². The maximum Gasteiger partial charge on any atom is 0.234 e. The van der Waals surface area contributed by atoms with Crippen LogP contribution in [0.25, 0.3) is 22.2 Å². The van der Waals surface area contributed by atoms with E-state index in [9.17, 15) is 4.79 Å². The van der Waals surface area contributed by atoms with Gasteiger partial charge in [-0.15, -0.1) is 0 Å². The molecule has 0 spiro atoms. The van der Waals surface area contributed by atoms with E-state index in [4.69, 9.17) is 4.52 Å². The monoisotopic (exact) mass is 252 g/mol. The van der Waals surface area contributed by atoms with Gasteiger partial charge < -0.3 is 4.52 Å². The van der Waals surface area contributed by atoms with Crippen LogP contribution in [0, 0.1) is 0 Å². The molecule has 0 aliphatic heterocycles. The van der Waals surface area contributed by atoms with Crippen molar-refractivity contribution in [3.63, 3.8) is 0 Å². The molecule has 0 atom stereocenters. The molecule has 0 N–H and O–H groups in total. The smallest absolute Gasteiger partial charge is 0.234 e. The number of Topliss-reactive ketones (excluding diaryl/α,β-unsaturated/α-hetero) is 1. The van der Waals surface area contributed by atoms with E-state index in [-0.39, 0.29) is 12.2 Å². The van der Waals surface area contributed by atoms with Crippen molar-refractivity contribution < 1.29 is 9.32 Å². The van der Waals surface area contributed by atoms with Gasteiger partial charge in [0.05, 0.1) is 6.42 Å². The molecule has 1 aromatic heterocycles. The van der Waals surface area contributed by atoms with Crippen molar-refractivity contribution in [1.82, 2.24) is 10.1 Å². The Hall–Kier alpha value is -2.49. The van der Waals surface area contributed by atoms with Crippen molar-refractivity contribution >= 4 is 16.6 Å². The van der Waals surface area contributed by atoms with Gasteiger partial charge in [0.15, 0.2) is 0 Å². The minimum Gasteiger partial charge on any atom is -0.339 e. The summed E-state index contributed by atoms with van der Waals surface area (Å²) in [7, 11) is 0. The molecule has 3 rings (SSSR count). The summed E-state index contributed by atoms with van der Waals surface area (Å²) in [6.45, 7) is 1.50. The average Bonchev–Trinajstić information content (AvgIpc) is 2.85. The number of nitrogens with zero attached hydrogens (tertiary/aromatic N) is 2. The number of aromatic nitrogens is 2. The zero-order valence-corrected chi connectivity index (χ0v) is 10.5. The molecule has 1 heterocycles. The van der Waals surface area contributed by atoms with Crippen molar-refractivity contribution in [3.8, 4) is 11.4 Å². The Kier molecular flexibility index (Phi) is 2.83. The lowest BCUT2D eigenvalue weighted by Crippen LogP contribution is -1.96. The molecule has 0 saturated carbocycles. The van der Waals surface area contributed by atoms with Crippen molar-refractivity contribution in [3.05, 3.63) is 48.4 Å². The maximum absolute atomic E-state index is 11.0. The lowest BCUT2D eigenvalue weighted by Gasteiger charge is -2.01. The van der Waals surface area contributed by atoms with Gasteiger partial charge in [0, 0.05) is 5.56 Å². The molecule has 94 valence electrons. The topological polar surface area (TPSA) is 56.0 Å². The Bertz CT molecular complexity index is 741. The van der Waals surface area contributed by atoms with Crippen LogP contribution in [0.4, 0.5) is 0 Å². The fraction of sp³-hybridized carbons (Fsp3) is 0.133. The highest BCUT2D eigenvalue weighted by atomic mass is 16.5. The molecule has 0 fully saturated rings. The molecule has 0 saturated heterocycles. The summed E-state index contributed by atoms with van der Waals surface area (Å²) < 4.78 is 5.10. The lowest BCUT2D eigenvalue weighted by atomic mass is 10.0. The summed E-state index contributed by atoms with van der Waals surface area (Å²) in [6.07, 6.45) is 0.178. The molecule has 0 unspecified atom stereocenters. The van der Waals surface area contributed by atoms with Crippen molar-refractivity contribution in [1.29, 1.82) is 0 Å². The fourth-order valence-electron chi connectivity index (χ4n) is 2.07. The van der Waals surface area contributed by atoms with Gasteiger partial charge in [-0.3, -0.25) is 4.79 Å². The summed E-state index contributed by atoms with van der Waals surface area (Å²) in [5.74, 6) is 0.886. The minimum atomic E-state index is 0.00752. The molecule has 4 heteroatoms. The van der Waals surface area contributed by atoms with E-state index in [1.165, 1.54) is 6.92 Å². The normalized spacial score (nSPS) is 10.8. The molecular formula is C15H12N2O2. The standard InChI is InChI=1S/C15H12N2O2/c1-10(18)9-14-16-15(17-19-14)13-8-4-6-11-5-2-3-7-12(11)13/h2-8H,9H2,1H3. The van der Waals surface area contributed by atoms with Crippen LogP contribution < -0.4 is 0 Å². The van der Waals surface area contributed by atoms with Crippen molar-refractivity contribution in [2.24, 2.45) is 0 Å². The zero-order valence-electron chi connectivity index (χ0n) is 10.5. The predicted molar refractivity (Wildman–Crippen MR) is 71.6 cm³/mol. The number of hydrogen-bond donors (Lipinski definition) is 0. The van der Waals surface area contributed by atoms with E-state index in [0.29, 0.717) is 11.7 Å². The van der Waals surface area contributed by atoms with Gasteiger partial charge in [-0.1, -0.05) is 47.6 Å². The second-order valence-corrected chi connectivity index (χ2v) is 4.42. The second kappa shape index (κ2) is 4.65. The molecule has 2 aromatic carbocycles. The van der Waals surface area contributed by atoms with E-state index in [0.717, 1.165) is 16.3 Å². The van der Waals surface area contributed by atoms with E-state index < -0.39 is 0 Å². The summed E-state index contributed by atoms with van der Waals surface area (Å²) in [4.78, 5) is 15.3. The number of fused-ring (bicyclic) bond motifs is 1. The number of carbonyl (C=O) groups is 1. The lowest BCUT2D eigenvalue weighted by molar-refractivity contribution is -0.116. The van der Waals surface area contributed by atoms with Gasteiger partial charge in [0.25, 0.3) is 0 Å². The second-order valence-electron chi connectivity index (χ2n) is 4.42. The molecule has 0 amide bonds. The van der Waals surface area contributed by atoms with E-state index in [2.05, 4.69) is 10.1 Å². The third kappa shape index (κ3) is 2.25. The Labute approximate surface area is 110 Å². The highest BCUT2D eigenvalue weighted by Gasteiger charge is 2.12. The summed E-state index contributed by atoms with van der Waals surface area (Å²) >= 11 is 0.